The molecule has 0 heterocycles. The number of hydrogen-bond donors (Lipinski definition) is 1. The SMILES string of the molecule is Cc1ccc([C@@H]2[C@@H](S(C)(=O)=O)[C@@]2(C=O)NC(=O)OC(C)(C)C)cc1. The number of benzene rings is 1. The van der Waals surface area contributed by atoms with E-state index in [-0.39, 0.29) is 0 Å². The molecule has 1 aromatic rings. The van der Waals surface area contributed by atoms with Gasteiger partial charge in [-0.05, 0) is 33.3 Å². The Morgan fingerprint density at radius 1 is 1.25 bits per heavy atom. The predicted octanol–water partition coefficient (Wildman–Crippen LogP) is 1.97. The second-order valence-electron chi connectivity index (χ2n) is 7.32. The lowest BCUT2D eigenvalue weighted by molar-refractivity contribution is -0.110. The van der Waals surface area contributed by atoms with Crippen LogP contribution < -0.4 is 5.32 Å². The van der Waals surface area contributed by atoms with E-state index in [2.05, 4.69) is 5.32 Å². The van der Waals surface area contributed by atoms with E-state index in [4.69, 9.17) is 4.74 Å². The third-order valence-corrected chi connectivity index (χ3v) is 5.57. The first kappa shape index (κ1) is 18.4. The maximum atomic E-state index is 12.1. The number of ether oxygens (including phenoxy) is 1. The molecule has 132 valence electrons. The van der Waals surface area contributed by atoms with Crippen molar-refractivity contribution in [1.82, 2.24) is 5.32 Å². The number of carbonyl (C=O) groups excluding carboxylic acids is 2. The summed E-state index contributed by atoms with van der Waals surface area (Å²) in [6.07, 6.45) is 0.770. The second-order valence-corrected chi connectivity index (χ2v) is 9.48. The van der Waals surface area contributed by atoms with Crippen LogP contribution in [0.15, 0.2) is 24.3 Å². The highest BCUT2D eigenvalue weighted by Crippen LogP contribution is 2.54. The van der Waals surface area contributed by atoms with Crippen molar-refractivity contribution in [3.05, 3.63) is 35.4 Å². The first-order valence-electron chi connectivity index (χ1n) is 7.63. The summed E-state index contributed by atoms with van der Waals surface area (Å²) in [4.78, 5) is 23.9. The van der Waals surface area contributed by atoms with Crippen LogP contribution in [0.3, 0.4) is 0 Å². The Labute approximate surface area is 142 Å². The minimum absolute atomic E-state index is 0.507. The monoisotopic (exact) mass is 353 g/mol. The van der Waals surface area contributed by atoms with E-state index in [9.17, 15) is 18.0 Å². The Balaban J connectivity index is 2.36. The van der Waals surface area contributed by atoms with Crippen molar-refractivity contribution < 1.29 is 22.7 Å². The van der Waals surface area contributed by atoms with Crippen LogP contribution in [0.4, 0.5) is 4.79 Å². The molecular weight excluding hydrogens is 330 g/mol. The first-order chi connectivity index (χ1) is 10.9. The van der Waals surface area contributed by atoms with Crippen LogP contribution in [0.5, 0.6) is 0 Å². The third-order valence-electron chi connectivity index (χ3n) is 3.99. The molecule has 2 rings (SSSR count). The lowest BCUT2D eigenvalue weighted by Gasteiger charge is -2.22. The molecule has 1 saturated carbocycles. The average Bonchev–Trinajstić information content (AvgIpc) is 3.06. The fourth-order valence-corrected chi connectivity index (χ4v) is 4.77. The molecule has 1 aliphatic rings. The number of rotatable bonds is 4. The molecule has 0 saturated heterocycles. The maximum absolute atomic E-state index is 12.1. The summed E-state index contributed by atoms with van der Waals surface area (Å²) in [6.45, 7) is 6.99. The summed E-state index contributed by atoms with van der Waals surface area (Å²) in [7, 11) is -3.55. The van der Waals surface area contributed by atoms with Gasteiger partial charge in [0.2, 0.25) is 0 Å². The van der Waals surface area contributed by atoms with Crippen LogP contribution in [0.2, 0.25) is 0 Å². The summed E-state index contributed by atoms with van der Waals surface area (Å²) in [5.74, 6) is -0.627. The van der Waals surface area contributed by atoms with Crippen molar-refractivity contribution in [2.45, 2.75) is 50.0 Å². The van der Waals surface area contributed by atoms with E-state index >= 15 is 0 Å². The molecule has 0 radical (unpaired) electrons. The van der Waals surface area contributed by atoms with Crippen LogP contribution >= 0.6 is 0 Å². The van der Waals surface area contributed by atoms with Gasteiger partial charge in [-0.3, -0.25) is 0 Å². The van der Waals surface area contributed by atoms with Gasteiger partial charge in [0.15, 0.2) is 9.84 Å². The van der Waals surface area contributed by atoms with Crippen molar-refractivity contribution in [3.63, 3.8) is 0 Å². The molecule has 0 bridgehead atoms. The van der Waals surface area contributed by atoms with Gasteiger partial charge in [0.25, 0.3) is 0 Å². The Morgan fingerprint density at radius 2 is 1.79 bits per heavy atom. The number of amides is 1. The molecule has 3 atom stereocenters. The van der Waals surface area contributed by atoms with E-state index < -0.39 is 38.2 Å². The predicted molar refractivity (Wildman–Crippen MR) is 90.7 cm³/mol. The molecular formula is C17H23NO5S. The molecule has 0 unspecified atom stereocenters. The first-order valence-corrected chi connectivity index (χ1v) is 9.59. The molecule has 1 N–H and O–H groups in total. The highest BCUT2D eigenvalue weighted by molar-refractivity contribution is 7.91. The molecule has 1 aliphatic carbocycles. The number of carbonyl (C=O) groups is 2. The zero-order valence-corrected chi connectivity index (χ0v) is 15.3. The van der Waals surface area contributed by atoms with Crippen LogP contribution in [0, 0.1) is 6.92 Å². The van der Waals surface area contributed by atoms with Crippen molar-refractivity contribution in [1.29, 1.82) is 0 Å². The van der Waals surface area contributed by atoms with Gasteiger partial charge in [0.05, 0.1) is 0 Å². The summed E-state index contributed by atoms with van der Waals surface area (Å²) < 4.78 is 29.4. The lowest BCUT2D eigenvalue weighted by atomic mass is 10.1. The van der Waals surface area contributed by atoms with E-state index in [1.165, 1.54) is 0 Å². The second kappa shape index (κ2) is 5.88. The van der Waals surface area contributed by atoms with Crippen molar-refractivity contribution in [3.8, 4) is 0 Å². The molecule has 24 heavy (non-hydrogen) atoms. The number of sulfone groups is 1. The van der Waals surface area contributed by atoms with Gasteiger partial charge in [-0.2, -0.15) is 0 Å². The molecule has 0 aliphatic heterocycles. The average molecular weight is 353 g/mol. The van der Waals surface area contributed by atoms with Gasteiger partial charge in [-0.1, -0.05) is 29.8 Å². The van der Waals surface area contributed by atoms with Crippen LogP contribution in [0.25, 0.3) is 0 Å². The zero-order chi connectivity index (χ0) is 18.3. The molecule has 7 heteroatoms. The van der Waals surface area contributed by atoms with Crippen LogP contribution in [-0.4, -0.2) is 43.4 Å². The number of alkyl carbamates (subject to hydrolysis) is 1. The normalized spacial score (nSPS) is 26.5. The van der Waals surface area contributed by atoms with Gasteiger partial charge >= 0.3 is 6.09 Å². The van der Waals surface area contributed by atoms with Gasteiger partial charge in [-0.15, -0.1) is 0 Å². The fraction of sp³-hybridized carbons (Fsp3) is 0.529. The standard InChI is InChI=1S/C17H23NO5S/c1-11-6-8-12(9-7-11)13-14(24(5,21)22)17(13,10-19)18-15(20)23-16(2,3)4/h6-10,13-14H,1-5H3,(H,18,20)/t13-,14-,17+/m1/s1. The summed E-state index contributed by atoms with van der Waals surface area (Å²) >= 11 is 0. The van der Waals surface area contributed by atoms with Crippen molar-refractivity contribution in [2.75, 3.05) is 6.26 Å². The van der Waals surface area contributed by atoms with Crippen LogP contribution in [-0.2, 0) is 19.4 Å². The summed E-state index contributed by atoms with van der Waals surface area (Å²) in [5.41, 5.74) is -0.528. The summed E-state index contributed by atoms with van der Waals surface area (Å²) in [6, 6.07) is 7.24. The minimum atomic E-state index is -3.55. The quantitative estimate of drug-likeness (QED) is 0.836. The van der Waals surface area contributed by atoms with Crippen molar-refractivity contribution in [2.24, 2.45) is 0 Å². The number of aryl methyl sites for hydroxylation is 1. The molecule has 6 nitrogen and oxygen atoms in total. The number of hydrogen-bond acceptors (Lipinski definition) is 5. The highest BCUT2D eigenvalue weighted by Gasteiger charge is 2.71. The highest BCUT2D eigenvalue weighted by atomic mass is 32.2. The Morgan fingerprint density at radius 3 is 2.21 bits per heavy atom. The van der Waals surface area contributed by atoms with Gasteiger partial charge in [0, 0.05) is 12.2 Å². The van der Waals surface area contributed by atoms with Crippen LogP contribution in [0.1, 0.15) is 37.8 Å². The smallest absolute Gasteiger partial charge is 0.408 e. The molecule has 0 aromatic heterocycles. The largest absolute Gasteiger partial charge is 0.444 e. The number of aldehydes is 1. The Bertz CT molecular complexity index is 748. The van der Waals surface area contributed by atoms with E-state index in [1.54, 1.807) is 32.9 Å². The van der Waals surface area contributed by atoms with Gasteiger partial charge in [-0.25, -0.2) is 13.2 Å². The topological polar surface area (TPSA) is 89.5 Å². The van der Waals surface area contributed by atoms with E-state index in [0.29, 0.717) is 11.8 Å². The van der Waals surface area contributed by atoms with Gasteiger partial charge in [0.1, 0.15) is 22.7 Å². The lowest BCUT2D eigenvalue weighted by Crippen LogP contribution is -2.45. The van der Waals surface area contributed by atoms with E-state index in [1.807, 2.05) is 19.1 Å². The summed E-state index contributed by atoms with van der Waals surface area (Å²) in [5, 5.41) is 1.48. The maximum Gasteiger partial charge on any atom is 0.408 e. The third kappa shape index (κ3) is 3.61. The molecule has 1 aromatic carbocycles. The molecule has 1 amide bonds. The molecule has 0 spiro atoms. The van der Waals surface area contributed by atoms with Gasteiger partial charge < -0.3 is 14.8 Å². The molecule has 1 fully saturated rings. The van der Waals surface area contributed by atoms with E-state index in [0.717, 1.165) is 11.8 Å². The number of nitrogens with one attached hydrogen (secondary N) is 1. The minimum Gasteiger partial charge on any atom is -0.444 e. The fourth-order valence-electron chi connectivity index (χ4n) is 3.00. The van der Waals surface area contributed by atoms with Crippen molar-refractivity contribution >= 4 is 22.2 Å². The Hall–Kier alpha value is -1.89. The zero-order valence-electron chi connectivity index (χ0n) is 14.5. The Kier molecular flexibility index (Phi) is 4.52.